The molecule has 0 saturated carbocycles. The van der Waals surface area contributed by atoms with Crippen LogP contribution in [0, 0.1) is 0 Å². The summed E-state index contributed by atoms with van der Waals surface area (Å²) in [5.74, 6) is 2.76. The lowest BCUT2D eigenvalue weighted by atomic mass is 10.2. The van der Waals surface area contributed by atoms with Crippen LogP contribution in [0.2, 0.25) is 0 Å². The van der Waals surface area contributed by atoms with Gasteiger partial charge in [0, 0.05) is 0 Å². The minimum Gasteiger partial charge on any atom is -0.497 e. The van der Waals surface area contributed by atoms with Crippen LogP contribution in [0.1, 0.15) is 12.5 Å². The minimum absolute atomic E-state index is 0.0762. The zero-order chi connectivity index (χ0) is 24.2. The van der Waals surface area contributed by atoms with Crippen LogP contribution in [0.3, 0.4) is 0 Å². The van der Waals surface area contributed by atoms with E-state index >= 15 is 0 Å². The second-order valence-corrected chi connectivity index (χ2v) is 8.66. The van der Waals surface area contributed by atoms with Crippen molar-refractivity contribution >= 4 is 33.4 Å². The van der Waals surface area contributed by atoms with Gasteiger partial charge in [0.05, 0.1) is 29.3 Å². The lowest BCUT2D eigenvalue weighted by molar-refractivity contribution is 0.208. The lowest BCUT2D eigenvalue weighted by Gasteiger charge is -2.13. The summed E-state index contributed by atoms with van der Waals surface area (Å²) in [4.78, 5) is 18.3. The molecular weight excluding hydrogens is 464 g/mol. The van der Waals surface area contributed by atoms with E-state index in [1.165, 1.54) is 11.3 Å². The molecule has 0 unspecified atom stereocenters. The van der Waals surface area contributed by atoms with Gasteiger partial charge in [-0.3, -0.25) is 4.79 Å². The molecule has 2 aromatic heterocycles. The molecule has 0 atom stereocenters. The van der Waals surface area contributed by atoms with Gasteiger partial charge in [-0.25, -0.2) is 9.38 Å². The lowest BCUT2D eigenvalue weighted by Crippen LogP contribution is -2.22. The largest absolute Gasteiger partial charge is 0.497 e. The van der Waals surface area contributed by atoms with Gasteiger partial charge in [-0.05, 0) is 67.1 Å². The predicted octanol–water partition coefficient (Wildman–Crippen LogP) is 4.32. The number of methoxy groups -OCH3 is 1. The number of fused-ring (bicyclic) bond motifs is 3. The minimum atomic E-state index is -0.0762. The second-order valence-electron chi connectivity index (χ2n) is 7.65. The predicted molar refractivity (Wildman–Crippen MR) is 137 cm³/mol. The van der Waals surface area contributed by atoms with Crippen molar-refractivity contribution in [1.82, 2.24) is 9.38 Å². The number of aromatic nitrogens is 2. The van der Waals surface area contributed by atoms with Gasteiger partial charge in [0.15, 0.2) is 16.5 Å². The molecule has 35 heavy (non-hydrogen) atoms. The van der Waals surface area contributed by atoms with Gasteiger partial charge in [-0.1, -0.05) is 29.5 Å². The van der Waals surface area contributed by atoms with Gasteiger partial charge in [0.2, 0.25) is 0 Å². The highest BCUT2D eigenvalue weighted by Crippen LogP contribution is 2.29. The first-order valence-corrected chi connectivity index (χ1v) is 12.1. The van der Waals surface area contributed by atoms with Crippen LogP contribution in [-0.2, 0) is 0 Å². The van der Waals surface area contributed by atoms with Crippen LogP contribution >= 0.6 is 11.3 Å². The Morgan fingerprint density at radius 2 is 1.69 bits per heavy atom. The number of para-hydroxylation sites is 2. The SMILES string of the molecule is CCOc1cc(/C=c2/sc3nc4ccccc4n3c2=O)ccc1OCCOc1ccc(OC)cc1. The summed E-state index contributed by atoms with van der Waals surface area (Å²) in [6.45, 7) is 3.15. The van der Waals surface area contributed by atoms with Crippen molar-refractivity contribution in [2.24, 2.45) is 0 Å². The fraction of sp³-hybridized carbons (Fsp3) is 0.185. The van der Waals surface area contributed by atoms with E-state index in [1.54, 1.807) is 11.5 Å². The second kappa shape index (κ2) is 10.1. The molecular formula is C27H24N2O5S. The summed E-state index contributed by atoms with van der Waals surface area (Å²) in [6.07, 6.45) is 1.86. The summed E-state index contributed by atoms with van der Waals surface area (Å²) in [5.41, 5.74) is 2.41. The van der Waals surface area contributed by atoms with E-state index < -0.39 is 0 Å². The Morgan fingerprint density at radius 1 is 0.914 bits per heavy atom. The maximum Gasteiger partial charge on any atom is 0.274 e. The molecule has 0 saturated heterocycles. The Hall–Kier alpha value is -4.04. The molecule has 7 nitrogen and oxygen atoms in total. The zero-order valence-electron chi connectivity index (χ0n) is 19.4. The van der Waals surface area contributed by atoms with Crippen molar-refractivity contribution in [1.29, 1.82) is 0 Å². The monoisotopic (exact) mass is 488 g/mol. The molecule has 0 fully saturated rings. The van der Waals surface area contributed by atoms with Crippen molar-refractivity contribution in [2.75, 3.05) is 26.9 Å². The van der Waals surface area contributed by atoms with Crippen LogP contribution in [0.4, 0.5) is 0 Å². The molecule has 0 spiro atoms. The molecule has 0 amide bonds. The Morgan fingerprint density at radius 3 is 2.49 bits per heavy atom. The highest BCUT2D eigenvalue weighted by Gasteiger charge is 2.11. The summed E-state index contributed by atoms with van der Waals surface area (Å²) < 4.78 is 24.9. The topological polar surface area (TPSA) is 71.3 Å². The normalized spacial score (nSPS) is 11.8. The average molecular weight is 489 g/mol. The number of hydrogen-bond acceptors (Lipinski definition) is 7. The molecule has 0 bridgehead atoms. The van der Waals surface area contributed by atoms with Gasteiger partial charge in [-0.2, -0.15) is 0 Å². The van der Waals surface area contributed by atoms with Gasteiger partial charge in [0.25, 0.3) is 5.56 Å². The number of benzene rings is 3. The van der Waals surface area contributed by atoms with Gasteiger partial charge in [0.1, 0.15) is 24.7 Å². The van der Waals surface area contributed by atoms with E-state index in [9.17, 15) is 4.79 Å². The zero-order valence-corrected chi connectivity index (χ0v) is 20.2. The number of thiazole rings is 1. The molecule has 0 aliphatic carbocycles. The molecule has 178 valence electrons. The number of rotatable bonds is 9. The third-order valence-electron chi connectivity index (χ3n) is 5.38. The van der Waals surface area contributed by atoms with Gasteiger partial charge < -0.3 is 18.9 Å². The Balaban J connectivity index is 1.33. The third kappa shape index (κ3) is 4.79. The number of nitrogens with zero attached hydrogens (tertiary/aromatic N) is 2. The average Bonchev–Trinajstić information content (AvgIpc) is 3.39. The quantitative estimate of drug-likeness (QED) is 0.288. The summed E-state index contributed by atoms with van der Waals surface area (Å²) in [5, 5.41) is 0. The maximum atomic E-state index is 13.0. The maximum absolute atomic E-state index is 13.0. The first-order valence-electron chi connectivity index (χ1n) is 11.2. The van der Waals surface area contributed by atoms with Crippen LogP contribution in [0.5, 0.6) is 23.0 Å². The molecule has 5 aromatic rings. The van der Waals surface area contributed by atoms with Crippen molar-refractivity contribution in [3.63, 3.8) is 0 Å². The molecule has 5 rings (SSSR count). The Bertz CT molecular complexity index is 1570. The first-order chi connectivity index (χ1) is 17.2. The van der Waals surface area contributed by atoms with E-state index in [0.717, 1.165) is 28.1 Å². The summed E-state index contributed by atoms with van der Waals surface area (Å²) in [7, 11) is 1.63. The van der Waals surface area contributed by atoms with E-state index in [-0.39, 0.29) is 5.56 Å². The van der Waals surface area contributed by atoms with Gasteiger partial charge in [-0.15, -0.1) is 0 Å². The van der Waals surface area contributed by atoms with Crippen molar-refractivity contribution in [2.45, 2.75) is 6.92 Å². The molecule has 0 aliphatic rings. The molecule has 0 aliphatic heterocycles. The summed E-state index contributed by atoms with van der Waals surface area (Å²) in [6, 6.07) is 20.7. The standard InChI is InChI=1S/C27H24N2O5S/c1-3-32-24-16-18(8-13-23(24)34-15-14-33-20-11-9-19(31-2)10-12-20)17-25-26(30)29-22-7-5-4-6-21(22)28-27(29)35-25/h4-13,16-17H,3,14-15H2,1-2H3/b25-17+. The number of hydrogen-bond donors (Lipinski definition) is 0. The first kappa shape index (κ1) is 22.7. The Labute approximate surface area is 205 Å². The third-order valence-corrected chi connectivity index (χ3v) is 6.35. The van der Waals surface area contributed by atoms with E-state index in [4.69, 9.17) is 18.9 Å². The van der Waals surface area contributed by atoms with Crippen molar-refractivity contribution in [3.05, 3.63) is 87.2 Å². The van der Waals surface area contributed by atoms with Crippen molar-refractivity contribution in [3.8, 4) is 23.0 Å². The smallest absolute Gasteiger partial charge is 0.274 e. The van der Waals surface area contributed by atoms with Gasteiger partial charge >= 0.3 is 0 Å². The summed E-state index contributed by atoms with van der Waals surface area (Å²) >= 11 is 1.37. The van der Waals surface area contributed by atoms with Crippen LogP contribution in [-0.4, -0.2) is 36.3 Å². The fourth-order valence-electron chi connectivity index (χ4n) is 3.75. The van der Waals surface area contributed by atoms with Crippen LogP contribution in [0.15, 0.2) is 71.5 Å². The highest BCUT2D eigenvalue weighted by molar-refractivity contribution is 7.15. The van der Waals surface area contributed by atoms with E-state index in [0.29, 0.717) is 40.8 Å². The number of imidazole rings is 1. The van der Waals surface area contributed by atoms with Crippen molar-refractivity contribution < 1.29 is 18.9 Å². The molecule has 3 aromatic carbocycles. The molecule has 0 N–H and O–H groups in total. The molecule has 0 radical (unpaired) electrons. The van der Waals surface area contributed by atoms with E-state index in [1.807, 2.05) is 79.7 Å². The van der Waals surface area contributed by atoms with Crippen LogP contribution in [0.25, 0.3) is 22.1 Å². The fourth-order valence-corrected chi connectivity index (χ4v) is 4.74. The van der Waals surface area contributed by atoms with E-state index in [2.05, 4.69) is 4.98 Å². The molecule has 2 heterocycles. The van der Waals surface area contributed by atoms with Crippen LogP contribution < -0.4 is 29.0 Å². The number of ether oxygens (including phenoxy) is 4. The molecule has 8 heteroatoms. The highest BCUT2D eigenvalue weighted by atomic mass is 32.1. The Kier molecular flexibility index (Phi) is 6.54.